The van der Waals surface area contributed by atoms with Crippen LogP contribution in [0.4, 0.5) is 0 Å². The third-order valence-corrected chi connectivity index (χ3v) is 3.17. The van der Waals surface area contributed by atoms with Gasteiger partial charge in [-0.2, -0.15) is 5.10 Å². The molecule has 0 bridgehead atoms. The van der Waals surface area contributed by atoms with Crippen LogP contribution in [0.3, 0.4) is 0 Å². The number of carbonyl (C=O) groups is 2. The van der Waals surface area contributed by atoms with E-state index in [0.717, 1.165) is 11.1 Å². The molecule has 19 heavy (non-hydrogen) atoms. The second-order valence-electron chi connectivity index (χ2n) is 4.57. The summed E-state index contributed by atoms with van der Waals surface area (Å²) in [5, 5.41) is 8.05. The van der Waals surface area contributed by atoms with Crippen molar-refractivity contribution in [3.05, 3.63) is 35.4 Å². The maximum atomic E-state index is 12.0. The lowest BCUT2D eigenvalue weighted by molar-refractivity contribution is -0.130. The Kier molecular flexibility index (Phi) is 3.94. The first-order valence-electron chi connectivity index (χ1n) is 6.24. The number of hydrogen-bond donors (Lipinski definition) is 1. The summed E-state index contributed by atoms with van der Waals surface area (Å²) in [6.45, 7) is 2.48. The number of rotatable bonds is 3. The Morgan fingerprint density at radius 1 is 1.37 bits per heavy atom. The summed E-state index contributed by atoms with van der Waals surface area (Å²) in [5.74, 6) is -0.266. The average molecular weight is 259 g/mol. The molecule has 100 valence electrons. The Balaban J connectivity index is 1.97. The molecule has 1 heterocycles. The molecule has 0 saturated carbocycles. The van der Waals surface area contributed by atoms with Crippen molar-refractivity contribution in [2.45, 2.75) is 26.3 Å². The minimum atomic E-state index is -0.206. The van der Waals surface area contributed by atoms with Crippen molar-refractivity contribution in [1.82, 2.24) is 10.3 Å². The number of nitrogens with one attached hydrogen (secondary N) is 1. The summed E-state index contributed by atoms with van der Waals surface area (Å²) in [5.41, 5.74) is 2.63. The van der Waals surface area contributed by atoms with Crippen molar-refractivity contribution < 1.29 is 9.59 Å². The van der Waals surface area contributed by atoms with Crippen molar-refractivity contribution in [2.24, 2.45) is 5.10 Å². The quantitative estimate of drug-likeness (QED) is 0.887. The van der Waals surface area contributed by atoms with Gasteiger partial charge >= 0.3 is 0 Å². The lowest BCUT2D eigenvalue weighted by atomic mass is 10.1. The van der Waals surface area contributed by atoms with Gasteiger partial charge in [0.2, 0.25) is 5.91 Å². The van der Waals surface area contributed by atoms with Crippen LogP contribution in [0.1, 0.15) is 24.0 Å². The lowest BCUT2D eigenvalue weighted by Gasteiger charge is -2.19. The van der Waals surface area contributed by atoms with Gasteiger partial charge in [-0.05, 0) is 18.1 Å². The zero-order valence-corrected chi connectivity index (χ0v) is 11.1. The molecule has 1 N–H and O–H groups in total. The maximum Gasteiger partial charge on any atom is 0.267 e. The molecule has 0 aromatic heterocycles. The third-order valence-electron chi connectivity index (χ3n) is 3.17. The Hall–Kier alpha value is -2.17. The van der Waals surface area contributed by atoms with Crippen molar-refractivity contribution in [1.29, 1.82) is 0 Å². The van der Waals surface area contributed by atoms with E-state index in [2.05, 4.69) is 10.4 Å². The molecule has 1 aliphatic heterocycles. The summed E-state index contributed by atoms with van der Waals surface area (Å²) in [4.78, 5) is 23.2. The van der Waals surface area contributed by atoms with Gasteiger partial charge in [0.05, 0.1) is 0 Å². The normalized spacial score (nSPS) is 15.2. The van der Waals surface area contributed by atoms with Gasteiger partial charge in [-0.3, -0.25) is 9.59 Å². The first-order chi connectivity index (χ1) is 9.08. The van der Waals surface area contributed by atoms with Gasteiger partial charge in [0.25, 0.3) is 5.91 Å². The van der Waals surface area contributed by atoms with Crippen LogP contribution in [0.25, 0.3) is 0 Å². The summed E-state index contributed by atoms with van der Waals surface area (Å²) < 4.78 is 0. The average Bonchev–Trinajstić information content (AvgIpc) is 2.40. The second kappa shape index (κ2) is 5.65. The van der Waals surface area contributed by atoms with Gasteiger partial charge in [0.15, 0.2) is 0 Å². The van der Waals surface area contributed by atoms with Crippen molar-refractivity contribution in [3.8, 4) is 0 Å². The molecule has 5 nitrogen and oxygen atoms in total. The molecule has 0 atom stereocenters. The fourth-order valence-corrected chi connectivity index (χ4v) is 1.92. The third kappa shape index (κ3) is 3.19. The highest BCUT2D eigenvalue weighted by molar-refractivity contribution is 6.39. The Bertz CT molecular complexity index is 537. The van der Waals surface area contributed by atoms with Crippen LogP contribution < -0.4 is 5.32 Å². The minimum absolute atomic E-state index is 0.0598. The lowest BCUT2D eigenvalue weighted by Crippen LogP contribution is -2.37. The predicted molar refractivity (Wildman–Crippen MR) is 72.5 cm³/mol. The number of carbonyl (C=O) groups excluding carboxylic acids is 2. The van der Waals surface area contributed by atoms with Gasteiger partial charge < -0.3 is 5.32 Å². The van der Waals surface area contributed by atoms with Crippen LogP contribution in [0.2, 0.25) is 0 Å². The molecule has 0 unspecified atom stereocenters. The zero-order chi connectivity index (χ0) is 13.8. The van der Waals surface area contributed by atoms with Gasteiger partial charge in [0, 0.05) is 26.4 Å². The number of aryl methyl sites for hydroxylation is 1. The highest BCUT2D eigenvalue weighted by Crippen LogP contribution is 2.09. The summed E-state index contributed by atoms with van der Waals surface area (Å²) in [6, 6.07) is 7.89. The van der Waals surface area contributed by atoms with Crippen LogP contribution in [-0.2, 0) is 16.1 Å². The summed E-state index contributed by atoms with van der Waals surface area (Å²) in [6.07, 6.45) is 0.746. The summed E-state index contributed by atoms with van der Waals surface area (Å²) >= 11 is 0. The van der Waals surface area contributed by atoms with Crippen LogP contribution in [-0.4, -0.2) is 29.6 Å². The molecule has 0 saturated heterocycles. The van der Waals surface area contributed by atoms with E-state index in [9.17, 15) is 9.59 Å². The van der Waals surface area contributed by atoms with Crippen LogP contribution in [0.5, 0.6) is 0 Å². The SMILES string of the molecule is Cc1ccccc1CNC(=O)C1=NN(C)C(=O)CC1. The van der Waals surface area contributed by atoms with Crippen molar-refractivity contribution in [3.63, 3.8) is 0 Å². The molecular formula is C14H17N3O2. The molecule has 1 aromatic carbocycles. The molecule has 5 heteroatoms. The highest BCUT2D eigenvalue weighted by Gasteiger charge is 2.21. The van der Waals surface area contributed by atoms with E-state index in [1.54, 1.807) is 7.05 Å². The predicted octanol–water partition coefficient (Wildman–Crippen LogP) is 1.22. The molecule has 2 amide bonds. The minimum Gasteiger partial charge on any atom is -0.347 e. The topological polar surface area (TPSA) is 61.8 Å². The van der Waals surface area contributed by atoms with Crippen molar-refractivity contribution in [2.75, 3.05) is 7.05 Å². The molecule has 1 aliphatic rings. The van der Waals surface area contributed by atoms with E-state index < -0.39 is 0 Å². The fraction of sp³-hybridized carbons (Fsp3) is 0.357. The molecular weight excluding hydrogens is 242 g/mol. The molecule has 0 radical (unpaired) electrons. The number of hydrazone groups is 1. The molecule has 0 aliphatic carbocycles. The van der Waals surface area contributed by atoms with Gasteiger partial charge in [-0.15, -0.1) is 0 Å². The standard InChI is InChI=1S/C14H17N3O2/c1-10-5-3-4-6-11(10)9-15-14(19)12-7-8-13(18)17(2)16-12/h3-6H,7-9H2,1-2H3,(H,15,19). The van der Waals surface area contributed by atoms with E-state index in [1.807, 2.05) is 31.2 Å². The number of nitrogens with zero attached hydrogens (tertiary/aromatic N) is 2. The van der Waals surface area contributed by atoms with Crippen LogP contribution in [0, 0.1) is 6.92 Å². The molecule has 2 rings (SSSR count). The van der Waals surface area contributed by atoms with Gasteiger partial charge in [-0.1, -0.05) is 24.3 Å². The Morgan fingerprint density at radius 2 is 2.11 bits per heavy atom. The zero-order valence-electron chi connectivity index (χ0n) is 11.1. The number of hydrogen-bond acceptors (Lipinski definition) is 3. The fourth-order valence-electron chi connectivity index (χ4n) is 1.92. The first kappa shape index (κ1) is 13.3. The number of benzene rings is 1. The molecule has 0 fully saturated rings. The first-order valence-corrected chi connectivity index (χ1v) is 6.24. The van der Waals surface area contributed by atoms with Crippen LogP contribution >= 0.6 is 0 Å². The van der Waals surface area contributed by atoms with E-state index >= 15 is 0 Å². The van der Waals surface area contributed by atoms with E-state index in [0.29, 0.717) is 25.1 Å². The highest BCUT2D eigenvalue weighted by atomic mass is 16.2. The molecule has 1 aromatic rings. The largest absolute Gasteiger partial charge is 0.347 e. The van der Waals surface area contributed by atoms with E-state index in [4.69, 9.17) is 0 Å². The van der Waals surface area contributed by atoms with E-state index in [-0.39, 0.29) is 11.8 Å². The van der Waals surface area contributed by atoms with Gasteiger partial charge in [0.1, 0.15) is 5.71 Å². The van der Waals surface area contributed by atoms with Gasteiger partial charge in [-0.25, -0.2) is 5.01 Å². The van der Waals surface area contributed by atoms with Crippen LogP contribution in [0.15, 0.2) is 29.4 Å². The van der Waals surface area contributed by atoms with Crippen molar-refractivity contribution >= 4 is 17.5 Å². The van der Waals surface area contributed by atoms with E-state index in [1.165, 1.54) is 5.01 Å². The Labute approximate surface area is 112 Å². The maximum absolute atomic E-state index is 12.0. The Morgan fingerprint density at radius 3 is 2.79 bits per heavy atom. The number of amides is 2. The monoisotopic (exact) mass is 259 g/mol. The second-order valence-corrected chi connectivity index (χ2v) is 4.57. The smallest absolute Gasteiger partial charge is 0.267 e. The summed E-state index contributed by atoms with van der Waals surface area (Å²) in [7, 11) is 1.57. The molecule has 0 spiro atoms.